The number of amides is 1. The SMILES string of the molecule is Cc1cc2c(cc1N)CCN(C(=O)O)C2C(C)(C)C. The first-order valence-corrected chi connectivity index (χ1v) is 6.60. The third-order valence-corrected chi connectivity index (χ3v) is 3.82. The van der Waals surface area contributed by atoms with Crippen molar-refractivity contribution in [2.75, 3.05) is 12.3 Å². The third-order valence-electron chi connectivity index (χ3n) is 3.82. The van der Waals surface area contributed by atoms with Crippen LogP contribution in [-0.4, -0.2) is 22.6 Å². The van der Waals surface area contributed by atoms with E-state index in [-0.39, 0.29) is 11.5 Å². The number of fused-ring (bicyclic) bond motifs is 1. The molecule has 4 heteroatoms. The van der Waals surface area contributed by atoms with Crippen molar-refractivity contribution in [2.24, 2.45) is 5.41 Å². The van der Waals surface area contributed by atoms with Crippen molar-refractivity contribution in [1.82, 2.24) is 4.90 Å². The number of carboxylic acid groups (broad SMARTS) is 1. The van der Waals surface area contributed by atoms with E-state index < -0.39 is 6.09 Å². The molecule has 1 aliphatic rings. The van der Waals surface area contributed by atoms with Crippen LogP contribution in [0.3, 0.4) is 0 Å². The van der Waals surface area contributed by atoms with Crippen LogP contribution < -0.4 is 5.73 Å². The van der Waals surface area contributed by atoms with Gasteiger partial charge in [0.1, 0.15) is 0 Å². The molecule has 1 atom stereocenters. The summed E-state index contributed by atoms with van der Waals surface area (Å²) in [5, 5.41) is 9.42. The highest BCUT2D eigenvalue weighted by Crippen LogP contribution is 2.43. The second-order valence-corrected chi connectivity index (χ2v) is 6.40. The fourth-order valence-corrected chi connectivity index (χ4v) is 2.94. The number of benzene rings is 1. The van der Waals surface area contributed by atoms with E-state index in [2.05, 4.69) is 26.8 Å². The summed E-state index contributed by atoms with van der Waals surface area (Å²) in [5.74, 6) is 0. The van der Waals surface area contributed by atoms with Crippen molar-refractivity contribution in [3.05, 3.63) is 28.8 Å². The minimum atomic E-state index is -0.847. The van der Waals surface area contributed by atoms with E-state index in [0.29, 0.717) is 6.54 Å². The maximum Gasteiger partial charge on any atom is 0.407 e. The topological polar surface area (TPSA) is 66.6 Å². The van der Waals surface area contributed by atoms with E-state index in [1.165, 1.54) is 5.56 Å². The molecule has 0 saturated carbocycles. The Morgan fingerprint density at radius 1 is 1.42 bits per heavy atom. The van der Waals surface area contributed by atoms with Gasteiger partial charge in [-0.15, -0.1) is 0 Å². The molecule has 0 radical (unpaired) electrons. The van der Waals surface area contributed by atoms with Crippen LogP contribution in [-0.2, 0) is 6.42 Å². The van der Waals surface area contributed by atoms with Crippen LogP contribution in [0.2, 0.25) is 0 Å². The summed E-state index contributed by atoms with van der Waals surface area (Å²) in [6, 6.07) is 3.94. The largest absolute Gasteiger partial charge is 0.465 e. The number of rotatable bonds is 0. The zero-order chi connectivity index (χ0) is 14.4. The normalized spacial score (nSPS) is 19.2. The van der Waals surface area contributed by atoms with E-state index in [1.807, 2.05) is 13.0 Å². The van der Waals surface area contributed by atoms with E-state index >= 15 is 0 Å². The Morgan fingerprint density at radius 2 is 2.05 bits per heavy atom. The average molecular weight is 262 g/mol. The van der Waals surface area contributed by atoms with Gasteiger partial charge in [-0.2, -0.15) is 0 Å². The number of hydrogen-bond donors (Lipinski definition) is 2. The van der Waals surface area contributed by atoms with E-state index in [0.717, 1.165) is 23.2 Å². The number of aryl methyl sites for hydroxylation is 1. The smallest absolute Gasteiger partial charge is 0.407 e. The maximum absolute atomic E-state index is 11.5. The highest BCUT2D eigenvalue weighted by molar-refractivity contribution is 5.67. The van der Waals surface area contributed by atoms with Gasteiger partial charge in [-0.3, -0.25) is 0 Å². The second kappa shape index (κ2) is 4.44. The van der Waals surface area contributed by atoms with Gasteiger partial charge in [0.25, 0.3) is 0 Å². The molecule has 1 aliphatic heterocycles. The molecule has 1 amide bonds. The molecule has 0 fully saturated rings. The van der Waals surface area contributed by atoms with Gasteiger partial charge in [0.2, 0.25) is 0 Å². The maximum atomic E-state index is 11.5. The van der Waals surface area contributed by atoms with Gasteiger partial charge in [0.15, 0.2) is 0 Å². The van der Waals surface area contributed by atoms with E-state index in [9.17, 15) is 9.90 Å². The lowest BCUT2D eigenvalue weighted by molar-refractivity contribution is 0.0759. The fourth-order valence-electron chi connectivity index (χ4n) is 2.94. The quantitative estimate of drug-likeness (QED) is 0.705. The number of nitrogens with zero attached hydrogens (tertiary/aromatic N) is 1. The molecule has 19 heavy (non-hydrogen) atoms. The third kappa shape index (κ3) is 2.39. The Balaban J connectivity index is 2.58. The standard InChI is InChI=1S/C15H22N2O2/c1-9-7-11-10(8-12(9)16)5-6-17(14(18)19)13(11)15(2,3)4/h7-8,13H,5-6,16H2,1-4H3,(H,18,19). The number of nitrogen functional groups attached to an aromatic ring is 1. The van der Waals surface area contributed by atoms with Crippen molar-refractivity contribution < 1.29 is 9.90 Å². The Morgan fingerprint density at radius 3 is 2.58 bits per heavy atom. The first kappa shape index (κ1) is 13.7. The Labute approximate surface area is 114 Å². The molecule has 1 heterocycles. The lowest BCUT2D eigenvalue weighted by Crippen LogP contribution is -2.44. The molecular formula is C15H22N2O2. The van der Waals surface area contributed by atoms with Crippen LogP contribution >= 0.6 is 0 Å². The lowest BCUT2D eigenvalue weighted by Gasteiger charge is -2.43. The number of anilines is 1. The fraction of sp³-hybridized carbons (Fsp3) is 0.533. The van der Waals surface area contributed by atoms with Crippen LogP contribution in [0.5, 0.6) is 0 Å². The summed E-state index contributed by atoms with van der Waals surface area (Å²) in [6.07, 6.45) is -0.112. The molecule has 0 spiro atoms. The molecule has 0 aliphatic carbocycles. The summed E-state index contributed by atoms with van der Waals surface area (Å²) < 4.78 is 0. The first-order chi connectivity index (χ1) is 8.71. The van der Waals surface area contributed by atoms with Crippen molar-refractivity contribution in [3.63, 3.8) is 0 Å². The van der Waals surface area contributed by atoms with Crippen molar-refractivity contribution in [2.45, 2.75) is 40.2 Å². The number of nitrogens with two attached hydrogens (primary N) is 1. The molecule has 3 N–H and O–H groups in total. The lowest BCUT2D eigenvalue weighted by atomic mass is 9.76. The molecular weight excluding hydrogens is 240 g/mol. The Hall–Kier alpha value is -1.71. The zero-order valence-corrected chi connectivity index (χ0v) is 12.0. The Kier molecular flexibility index (Phi) is 3.20. The molecule has 104 valence electrons. The van der Waals surface area contributed by atoms with E-state index in [1.54, 1.807) is 4.90 Å². The van der Waals surface area contributed by atoms with Crippen molar-refractivity contribution in [1.29, 1.82) is 0 Å². The highest BCUT2D eigenvalue weighted by atomic mass is 16.4. The minimum absolute atomic E-state index is 0.118. The molecule has 1 unspecified atom stereocenters. The van der Waals surface area contributed by atoms with E-state index in [4.69, 9.17) is 5.73 Å². The van der Waals surface area contributed by atoms with Gasteiger partial charge in [0.05, 0.1) is 6.04 Å². The predicted molar refractivity (Wildman–Crippen MR) is 76.2 cm³/mol. The summed E-state index contributed by atoms with van der Waals surface area (Å²) in [7, 11) is 0. The molecule has 4 nitrogen and oxygen atoms in total. The van der Waals surface area contributed by atoms with Crippen molar-refractivity contribution >= 4 is 11.8 Å². The number of hydrogen-bond acceptors (Lipinski definition) is 2. The second-order valence-electron chi connectivity index (χ2n) is 6.40. The molecule has 1 aromatic carbocycles. The Bertz CT molecular complexity index is 518. The van der Waals surface area contributed by atoms with Gasteiger partial charge in [0, 0.05) is 12.2 Å². The molecule has 0 bridgehead atoms. The minimum Gasteiger partial charge on any atom is -0.465 e. The average Bonchev–Trinajstić information content (AvgIpc) is 2.27. The van der Waals surface area contributed by atoms with Gasteiger partial charge >= 0.3 is 6.09 Å². The van der Waals surface area contributed by atoms with Crippen LogP contribution in [0.1, 0.15) is 43.5 Å². The highest BCUT2D eigenvalue weighted by Gasteiger charge is 2.38. The molecule has 2 rings (SSSR count). The summed E-state index contributed by atoms with van der Waals surface area (Å²) in [4.78, 5) is 13.0. The monoisotopic (exact) mass is 262 g/mol. The van der Waals surface area contributed by atoms with Gasteiger partial charge < -0.3 is 15.7 Å². The number of carbonyl (C=O) groups is 1. The molecule has 1 aromatic rings. The summed E-state index contributed by atoms with van der Waals surface area (Å²) in [6.45, 7) is 8.74. The van der Waals surface area contributed by atoms with Crippen LogP contribution in [0.15, 0.2) is 12.1 Å². The van der Waals surface area contributed by atoms with Crippen LogP contribution in [0, 0.1) is 12.3 Å². The summed E-state index contributed by atoms with van der Waals surface area (Å²) >= 11 is 0. The predicted octanol–water partition coefficient (Wildman–Crippen LogP) is 3.20. The first-order valence-electron chi connectivity index (χ1n) is 6.60. The van der Waals surface area contributed by atoms with Crippen LogP contribution in [0.4, 0.5) is 10.5 Å². The van der Waals surface area contributed by atoms with Gasteiger partial charge in [-0.05, 0) is 41.5 Å². The molecule has 0 saturated heterocycles. The zero-order valence-electron chi connectivity index (χ0n) is 12.0. The van der Waals surface area contributed by atoms with Gasteiger partial charge in [-0.1, -0.05) is 26.8 Å². The van der Waals surface area contributed by atoms with Crippen LogP contribution in [0.25, 0.3) is 0 Å². The van der Waals surface area contributed by atoms with Crippen molar-refractivity contribution in [3.8, 4) is 0 Å². The summed E-state index contributed by atoms with van der Waals surface area (Å²) in [5.41, 5.74) is 9.91. The molecule has 0 aromatic heterocycles. The van der Waals surface area contributed by atoms with Gasteiger partial charge in [-0.25, -0.2) is 4.79 Å².